The predicted molar refractivity (Wildman–Crippen MR) is 90.0 cm³/mol. The Labute approximate surface area is 126 Å². The van der Waals surface area contributed by atoms with Gasteiger partial charge in [0.15, 0.2) is 0 Å². The SMILES string of the molecule is Cc1cc(Nc2ccc3ncsc3c2)ccc1C(N)=S. The number of anilines is 2. The first kappa shape index (κ1) is 13.0. The molecule has 5 heteroatoms. The summed E-state index contributed by atoms with van der Waals surface area (Å²) in [7, 11) is 0. The lowest BCUT2D eigenvalue weighted by molar-refractivity contribution is 1.42. The van der Waals surface area contributed by atoms with Crippen molar-refractivity contribution in [1.82, 2.24) is 4.98 Å². The number of aryl methyl sites for hydroxylation is 1. The van der Waals surface area contributed by atoms with Crippen molar-refractivity contribution in [2.24, 2.45) is 5.73 Å². The van der Waals surface area contributed by atoms with Gasteiger partial charge in [0.05, 0.1) is 15.7 Å². The molecule has 0 unspecified atom stereocenters. The fourth-order valence-electron chi connectivity index (χ4n) is 2.12. The van der Waals surface area contributed by atoms with E-state index in [2.05, 4.69) is 16.4 Å². The molecular formula is C15H13N3S2. The Morgan fingerprint density at radius 3 is 2.70 bits per heavy atom. The molecular weight excluding hydrogens is 286 g/mol. The minimum absolute atomic E-state index is 0.431. The number of hydrogen-bond donors (Lipinski definition) is 2. The summed E-state index contributed by atoms with van der Waals surface area (Å²) in [5, 5.41) is 3.39. The molecule has 0 fully saturated rings. The van der Waals surface area contributed by atoms with Gasteiger partial charge in [-0.1, -0.05) is 12.2 Å². The molecule has 3 aromatic rings. The van der Waals surface area contributed by atoms with Gasteiger partial charge < -0.3 is 11.1 Å². The van der Waals surface area contributed by atoms with Crippen molar-refractivity contribution in [3.8, 4) is 0 Å². The number of benzene rings is 2. The van der Waals surface area contributed by atoms with Gasteiger partial charge in [-0.25, -0.2) is 4.98 Å². The lowest BCUT2D eigenvalue weighted by Crippen LogP contribution is -2.11. The van der Waals surface area contributed by atoms with E-state index < -0.39 is 0 Å². The van der Waals surface area contributed by atoms with Crippen LogP contribution in [0.4, 0.5) is 11.4 Å². The highest BCUT2D eigenvalue weighted by Gasteiger charge is 2.04. The largest absolute Gasteiger partial charge is 0.389 e. The minimum Gasteiger partial charge on any atom is -0.389 e. The summed E-state index contributed by atoms with van der Waals surface area (Å²) in [5.74, 6) is 0. The highest BCUT2D eigenvalue weighted by molar-refractivity contribution is 7.80. The van der Waals surface area contributed by atoms with Crippen molar-refractivity contribution in [1.29, 1.82) is 0 Å². The summed E-state index contributed by atoms with van der Waals surface area (Å²) in [5.41, 5.74) is 12.6. The molecule has 0 aliphatic carbocycles. The number of nitrogens with two attached hydrogens (primary N) is 1. The lowest BCUT2D eigenvalue weighted by Gasteiger charge is -2.10. The lowest BCUT2D eigenvalue weighted by atomic mass is 10.1. The Bertz CT molecular complexity index is 793. The Morgan fingerprint density at radius 2 is 1.95 bits per heavy atom. The van der Waals surface area contributed by atoms with Gasteiger partial charge in [-0.15, -0.1) is 11.3 Å². The van der Waals surface area contributed by atoms with Crippen molar-refractivity contribution in [2.75, 3.05) is 5.32 Å². The number of fused-ring (bicyclic) bond motifs is 1. The molecule has 0 aliphatic rings. The van der Waals surface area contributed by atoms with Crippen LogP contribution in [-0.2, 0) is 0 Å². The van der Waals surface area contributed by atoms with E-state index in [4.69, 9.17) is 18.0 Å². The second-order valence-corrected chi connectivity index (χ2v) is 5.88. The second-order valence-electron chi connectivity index (χ2n) is 4.55. The summed E-state index contributed by atoms with van der Waals surface area (Å²) in [6.07, 6.45) is 0. The van der Waals surface area contributed by atoms with Crippen LogP contribution in [0.5, 0.6) is 0 Å². The van der Waals surface area contributed by atoms with Crippen molar-refractivity contribution < 1.29 is 0 Å². The van der Waals surface area contributed by atoms with Crippen molar-refractivity contribution >= 4 is 50.1 Å². The maximum atomic E-state index is 5.67. The molecule has 0 spiro atoms. The van der Waals surface area contributed by atoms with E-state index in [0.717, 1.165) is 28.0 Å². The van der Waals surface area contributed by atoms with Gasteiger partial charge in [0.25, 0.3) is 0 Å². The highest BCUT2D eigenvalue weighted by atomic mass is 32.1. The van der Waals surface area contributed by atoms with Crippen LogP contribution >= 0.6 is 23.6 Å². The molecule has 0 atom stereocenters. The van der Waals surface area contributed by atoms with Crippen LogP contribution in [0.25, 0.3) is 10.2 Å². The normalized spacial score (nSPS) is 10.7. The van der Waals surface area contributed by atoms with Gasteiger partial charge >= 0.3 is 0 Å². The predicted octanol–water partition coefficient (Wildman–Crippen LogP) is 3.98. The molecule has 1 aromatic heterocycles. The molecule has 0 saturated heterocycles. The Morgan fingerprint density at radius 1 is 1.20 bits per heavy atom. The van der Waals surface area contributed by atoms with Crippen LogP contribution in [0.15, 0.2) is 41.9 Å². The Hall–Kier alpha value is -1.98. The molecule has 1 heterocycles. The molecule has 20 heavy (non-hydrogen) atoms. The van der Waals surface area contributed by atoms with Gasteiger partial charge in [0.1, 0.15) is 4.99 Å². The molecule has 100 valence electrons. The first-order chi connectivity index (χ1) is 9.63. The summed E-state index contributed by atoms with van der Waals surface area (Å²) < 4.78 is 1.17. The first-order valence-electron chi connectivity index (χ1n) is 6.14. The first-order valence-corrected chi connectivity index (χ1v) is 7.43. The topological polar surface area (TPSA) is 50.9 Å². The minimum atomic E-state index is 0.431. The van der Waals surface area contributed by atoms with Gasteiger partial charge in [0.2, 0.25) is 0 Å². The summed E-state index contributed by atoms with van der Waals surface area (Å²) in [4.78, 5) is 4.71. The molecule has 3 nitrogen and oxygen atoms in total. The number of hydrogen-bond acceptors (Lipinski definition) is 4. The highest BCUT2D eigenvalue weighted by Crippen LogP contribution is 2.25. The number of aromatic nitrogens is 1. The summed E-state index contributed by atoms with van der Waals surface area (Å²) >= 11 is 6.65. The molecule has 0 amide bonds. The maximum Gasteiger partial charge on any atom is 0.104 e. The van der Waals surface area contributed by atoms with Crippen LogP contribution in [0.1, 0.15) is 11.1 Å². The third-order valence-electron chi connectivity index (χ3n) is 3.11. The number of nitrogens with zero attached hydrogens (tertiary/aromatic N) is 1. The quantitative estimate of drug-likeness (QED) is 0.718. The van der Waals surface area contributed by atoms with E-state index in [0.29, 0.717) is 4.99 Å². The second kappa shape index (κ2) is 5.19. The fourth-order valence-corrected chi connectivity index (χ4v) is 3.06. The van der Waals surface area contributed by atoms with Crippen molar-refractivity contribution in [3.05, 3.63) is 53.0 Å². The molecule has 0 saturated carbocycles. The number of nitrogens with one attached hydrogen (secondary N) is 1. The van der Waals surface area contributed by atoms with E-state index in [1.165, 1.54) is 4.70 Å². The zero-order valence-electron chi connectivity index (χ0n) is 10.9. The molecule has 0 radical (unpaired) electrons. The van der Waals surface area contributed by atoms with Gasteiger partial charge in [-0.2, -0.15) is 0 Å². The summed E-state index contributed by atoms with van der Waals surface area (Å²) in [6.45, 7) is 2.01. The van der Waals surface area contributed by atoms with E-state index in [9.17, 15) is 0 Å². The van der Waals surface area contributed by atoms with Crippen LogP contribution in [0.3, 0.4) is 0 Å². The fraction of sp³-hybridized carbons (Fsp3) is 0.0667. The van der Waals surface area contributed by atoms with Crippen LogP contribution in [0, 0.1) is 6.92 Å². The monoisotopic (exact) mass is 299 g/mol. The van der Waals surface area contributed by atoms with Crippen molar-refractivity contribution in [3.63, 3.8) is 0 Å². The van der Waals surface area contributed by atoms with Crippen LogP contribution in [-0.4, -0.2) is 9.97 Å². The zero-order chi connectivity index (χ0) is 14.1. The third kappa shape index (κ3) is 2.50. The molecule has 3 rings (SSSR count). The standard InChI is InChI=1S/C15H13N3S2/c1-9-6-10(2-4-12(9)15(16)19)18-11-3-5-13-14(7-11)20-8-17-13/h2-8,18H,1H3,(H2,16,19). The van der Waals surface area contributed by atoms with Gasteiger partial charge in [0, 0.05) is 16.9 Å². The average molecular weight is 299 g/mol. The number of thiocarbonyl (C=S) groups is 1. The Balaban J connectivity index is 1.90. The van der Waals surface area contributed by atoms with E-state index in [-0.39, 0.29) is 0 Å². The van der Waals surface area contributed by atoms with Gasteiger partial charge in [-0.3, -0.25) is 0 Å². The van der Waals surface area contributed by atoms with Crippen LogP contribution < -0.4 is 11.1 Å². The molecule has 0 bridgehead atoms. The van der Waals surface area contributed by atoms with E-state index in [1.807, 2.05) is 42.8 Å². The number of thiazole rings is 1. The zero-order valence-corrected chi connectivity index (χ0v) is 12.5. The molecule has 0 aliphatic heterocycles. The smallest absolute Gasteiger partial charge is 0.104 e. The molecule has 3 N–H and O–H groups in total. The van der Waals surface area contributed by atoms with Gasteiger partial charge in [-0.05, 0) is 48.9 Å². The average Bonchev–Trinajstić information content (AvgIpc) is 2.85. The van der Waals surface area contributed by atoms with Crippen molar-refractivity contribution in [2.45, 2.75) is 6.92 Å². The van der Waals surface area contributed by atoms with Crippen LogP contribution in [0.2, 0.25) is 0 Å². The summed E-state index contributed by atoms with van der Waals surface area (Å²) in [6, 6.07) is 12.1. The van der Waals surface area contributed by atoms with E-state index in [1.54, 1.807) is 11.3 Å². The Kier molecular flexibility index (Phi) is 3.38. The number of rotatable bonds is 3. The van der Waals surface area contributed by atoms with E-state index >= 15 is 0 Å². The maximum absolute atomic E-state index is 5.67. The third-order valence-corrected chi connectivity index (χ3v) is 4.12. The molecule has 2 aromatic carbocycles.